The number of carbonyl (C=O) groups excluding carboxylic acids is 1. The number of aromatic nitrogens is 1. The summed E-state index contributed by atoms with van der Waals surface area (Å²) in [4.78, 5) is 15.4. The second kappa shape index (κ2) is 4.10. The van der Waals surface area contributed by atoms with Gasteiger partial charge in [0.15, 0.2) is 6.29 Å². The molecule has 0 unspecified atom stereocenters. The van der Waals surface area contributed by atoms with Crippen molar-refractivity contribution in [2.75, 3.05) is 7.11 Å². The van der Waals surface area contributed by atoms with Gasteiger partial charge < -0.3 is 4.74 Å². The average Bonchev–Trinajstić information content (AvgIpc) is 2.27. The molecule has 0 saturated carbocycles. The van der Waals surface area contributed by atoms with Crippen LogP contribution < -0.4 is 4.74 Å². The molecule has 0 amide bonds. The lowest BCUT2D eigenvalue weighted by Gasteiger charge is -2.08. The van der Waals surface area contributed by atoms with Crippen molar-refractivity contribution in [1.82, 2.24) is 4.98 Å². The third-order valence-corrected chi connectivity index (χ3v) is 2.69. The van der Waals surface area contributed by atoms with Crippen molar-refractivity contribution in [3.63, 3.8) is 0 Å². The van der Waals surface area contributed by atoms with Crippen LogP contribution in [-0.4, -0.2) is 18.4 Å². The topological polar surface area (TPSA) is 39.2 Å². The molecule has 1 heterocycles. The van der Waals surface area contributed by atoms with E-state index in [1.54, 1.807) is 18.2 Å². The van der Waals surface area contributed by atoms with Gasteiger partial charge in [-0.1, -0.05) is 11.6 Å². The predicted molar refractivity (Wildman–Crippen MR) is 63.4 cm³/mol. The summed E-state index contributed by atoms with van der Waals surface area (Å²) in [5, 5.41) is 1.16. The highest BCUT2D eigenvalue weighted by molar-refractivity contribution is 6.36. The normalized spacial score (nSPS) is 10.4. The Labute approximate surface area is 98.0 Å². The molecular formula is C12H10ClNO2. The fourth-order valence-electron chi connectivity index (χ4n) is 1.71. The van der Waals surface area contributed by atoms with Crippen molar-refractivity contribution < 1.29 is 9.53 Å². The zero-order valence-electron chi connectivity index (χ0n) is 8.95. The van der Waals surface area contributed by atoms with Crippen LogP contribution in [0.25, 0.3) is 10.9 Å². The summed E-state index contributed by atoms with van der Waals surface area (Å²) in [6.45, 7) is 1.86. The lowest BCUT2D eigenvalue weighted by atomic mass is 10.1. The Morgan fingerprint density at radius 3 is 2.81 bits per heavy atom. The van der Waals surface area contributed by atoms with Crippen LogP contribution in [0.4, 0.5) is 0 Å². The van der Waals surface area contributed by atoms with Crippen molar-refractivity contribution in [3.05, 3.63) is 34.5 Å². The molecule has 0 spiro atoms. The van der Waals surface area contributed by atoms with Crippen molar-refractivity contribution in [2.24, 2.45) is 0 Å². The van der Waals surface area contributed by atoms with Crippen LogP contribution in [0, 0.1) is 6.92 Å². The molecule has 0 aliphatic rings. The van der Waals surface area contributed by atoms with Crippen molar-refractivity contribution in [1.29, 1.82) is 0 Å². The minimum Gasteiger partial charge on any atom is -0.496 e. The van der Waals surface area contributed by atoms with Crippen LogP contribution in [-0.2, 0) is 0 Å². The van der Waals surface area contributed by atoms with Gasteiger partial charge in [-0.3, -0.25) is 9.78 Å². The number of rotatable bonds is 2. The van der Waals surface area contributed by atoms with E-state index < -0.39 is 0 Å². The van der Waals surface area contributed by atoms with E-state index in [0.29, 0.717) is 27.2 Å². The van der Waals surface area contributed by atoms with Crippen molar-refractivity contribution in [2.45, 2.75) is 6.92 Å². The number of aldehydes is 1. The number of pyridine rings is 1. The number of ether oxygens (including phenoxy) is 1. The summed E-state index contributed by atoms with van der Waals surface area (Å²) >= 11 is 6.12. The molecule has 0 saturated heterocycles. The SMILES string of the molecule is COc1ccc2nc(C)cc(Cl)c2c1C=O. The van der Waals surface area contributed by atoms with Gasteiger partial charge in [0.25, 0.3) is 0 Å². The second-order valence-electron chi connectivity index (χ2n) is 3.44. The maximum atomic E-state index is 11.1. The first-order chi connectivity index (χ1) is 7.67. The zero-order valence-corrected chi connectivity index (χ0v) is 9.71. The summed E-state index contributed by atoms with van der Waals surface area (Å²) in [6.07, 6.45) is 0.740. The van der Waals surface area contributed by atoms with E-state index in [1.807, 2.05) is 6.92 Å². The minimum absolute atomic E-state index is 0.442. The quantitative estimate of drug-likeness (QED) is 0.751. The monoisotopic (exact) mass is 235 g/mol. The van der Waals surface area contributed by atoms with E-state index >= 15 is 0 Å². The Hall–Kier alpha value is -1.61. The minimum atomic E-state index is 0.442. The third-order valence-electron chi connectivity index (χ3n) is 2.39. The summed E-state index contributed by atoms with van der Waals surface area (Å²) in [7, 11) is 1.52. The van der Waals surface area contributed by atoms with Crippen molar-refractivity contribution in [3.8, 4) is 5.75 Å². The molecule has 0 N–H and O–H groups in total. The highest BCUT2D eigenvalue weighted by Gasteiger charge is 2.11. The van der Waals surface area contributed by atoms with Crippen LogP contribution in [0.2, 0.25) is 5.02 Å². The number of carbonyl (C=O) groups is 1. The standard InChI is InChI=1S/C12H10ClNO2/c1-7-5-9(13)12-8(6-15)11(16-2)4-3-10(12)14-7/h3-6H,1-2H3. The van der Waals surface area contributed by atoms with Gasteiger partial charge in [0.1, 0.15) is 5.75 Å². The molecule has 0 aliphatic heterocycles. The largest absolute Gasteiger partial charge is 0.496 e. The molecule has 1 aromatic heterocycles. The van der Waals surface area contributed by atoms with Gasteiger partial charge in [-0.05, 0) is 25.1 Å². The Kier molecular flexibility index (Phi) is 2.79. The van der Waals surface area contributed by atoms with Gasteiger partial charge in [-0.25, -0.2) is 0 Å². The Morgan fingerprint density at radius 1 is 1.44 bits per heavy atom. The summed E-state index contributed by atoms with van der Waals surface area (Å²) in [5.41, 5.74) is 1.96. The van der Waals surface area contributed by atoms with Crippen molar-refractivity contribution >= 4 is 28.8 Å². The fraction of sp³-hybridized carbons (Fsp3) is 0.167. The molecule has 0 atom stereocenters. The van der Waals surface area contributed by atoms with Gasteiger partial charge >= 0.3 is 0 Å². The van der Waals surface area contributed by atoms with Crippen LogP contribution in [0.1, 0.15) is 16.1 Å². The smallest absolute Gasteiger partial charge is 0.154 e. The van der Waals surface area contributed by atoms with Gasteiger partial charge in [0.05, 0.1) is 23.2 Å². The molecule has 0 aliphatic carbocycles. The molecule has 0 radical (unpaired) electrons. The average molecular weight is 236 g/mol. The van der Waals surface area contributed by atoms with Crippen LogP contribution in [0.3, 0.4) is 0 Å². The zero-order chi connectivity index (χ0) is 11.7. The number of hydrogen-bond donors (Lipinski definition) is 0. The molecule has 0 bridgehead atoms. The molecule has 4 heteroatoms. The summed E-state index contributed by atoms with van der Waals surface area (Å²) in [6, 6.07) is 5.24. The maximum Gasteiger partial charge on any atom is 0.154 e. The summed E-state index contributed by atoms with van der Waals surface area (Å²) in [5.74, 6) is 0.509. The number of halogens is 1. The molecule has 3 nitrogen and oxygen atoms in total. The van der Waals surface area contributed by atoms with Crippen LogP contribution in [0.5, 0.6) is 5.75 Å². The molecule has 16 heavy (non-hydrogen) atoms. The highest BCUT2D eigenvalue weighted by Crippen LogP contribution is 2.31. The number of nitrogens with zero attached hydrogens (tertiary/aromatic N) is 1. The molecule has 2 rings (SSSR count). The summed E-state index contributed by atoms with van der Waals surface area (Å²) < 4.78 is 5.11. The van der Waals surface area contributed by atoms with Crippen LogP contribution in [0.15, 0.2) is 18.2 Å². The van der Waals surface area contributed by atoms with Gasteiger partial charge in [0, 0.05) is 11.1 Å². The third kappa shape index (κ3) is 1.63. The number of methoxy groups -OCH3 is 1. The van der Waals surface area contributed by atoms with E-state index in [-0.39, 0.29) is 0 Å². The molecule has 82 valence electrons. The van der Waals surface area contributed by atoms with Crippen LogP contribution >= 0.6 is 11.6 Å². The first-order valence-corrected chi connectivity index (χ1v) is 5.14. The van der Waals surface area contributed by atoms with E-state index in [4.69, 9.17) is 16.3 Å². The Morgan fingerprint density at radius 2 is 2.19 bits per heavy atom. The number of benzene rings is 1. The number of aryl methyl sites for hydroxylation is 1. The maximum absolute atomic E-state index is 11.1. The molecule has 1 aromatic carbocycles. The molecule has 2 aromatic rings. The number of fused-ring (bicyclic) bond motifs is 1. The first-order valence-electron chi connectivity index (χ1n) is 4.76. The van der Waals surface area contributed by atoms with Gasteiger partial charge in [-0.15, -0.1) is 0 Å². The second-order valence-corrected chi connectivity index (χ2v) is 3.85. The lowest BCUT2D eigenvalue weighted by Crippen LogP contribution is -1.94. The van der Waals surface area contributed by atoms with Gasteiger partial charge in [-0.2, -0.15) is 0 Å². The van der Waals surface area contributed by atoms with E-state index in [1.165, 1.54) is 7.11 Å². The molecular weight excluding hydrogens is 226 g/mol. The Balaban J connectivity index is 2.91. The molecule has 0 fully saturated rings. The van der Waals surface area contributed by atoms with E-state index in [2.05, 4.69) is 4.98 Å². The van der Waals surface area contributed by atoms with E-state index in [9.17, 15) is 4.79 Å². The van der Waals surface area contributed by atoms with Gasteiger partial charge in [0.2, 0.25) is 0 Å². The highest BCUT2D eigenvalue weighted by atomic mass is 35.5. The number of hydrogen-bond acceptors (Lipinski definition) is 3. The van der Waals surface area contributed by atoms with E-state index in [0.717, 1.165) is 12.0 Å². The Bertz CT molecular complexity index is 566. The first kappa shape index (κ1) is 10.9. The lowest BCUT2D eigenvalue weighted by molar-refractivity contribution is 0.112. The predicted octanol–water partition coefficient (Wildman–Crippen LogP) is 3.02. The fourth-order valence-corrected chi connectivity index (χ4v) is 2.06.